The van der Waals surface area contributed by atoms with E-state index in [1.165, 1.54) is 0 Å². The highest BCUT2D eigenvalue weighted by molar-refractivity contribution is 5.97. The third-order valence-electron chi connectivity index (χ3n) is 4.04. The van der Waals surface area contributed by atoms with Crippen molar-refractivity contribution in [1.29, 1.82) is 0 Å². The van der Waals surface area contributed by atoms with Crippen LogP contribution in [0.3, 0.4) is 0 Å². The third kappa shape index (κ3) is 3.31. The lowest BCUT2D eigenvalue weighted by atomic mass is 9.90. The SMILES string of the molecule is CCCN(C(=O)c1ccccc1O)C1CCC(N)CC1. The molecule has 0 unspecified atom stereocenters. The smallest absolute Gasteiger partial charge is 0.257 e. The molecule has 0 aromatic heterocycles. The maximum absolute atomic E-state index is 12.7. The Balaban J connectivity index is 2.16. The van der Waals surface area contributed by atoms with E-state index in [1.807, 2.05) is 4.90 Å². The zero-order chi connectivity index (χ0) is 14.5. The van der Waals surface area contributed by atoms with Gasteiger partial charge in [0.25, 0.3) is 5.91 Å². The van der Waals surface area contributed by atoms with Gasteiger partial charge in [-0.2, -0.15) is 0 Å². The molecule has 1 aliphatic rings. The van der Waals surface area contributed by atoms with Gasteiger partial charge < -0.3 is 15.7 Å². The molecular weight excluding hydrogens is 252 g/mol. The predicted molar refractivity (Wildman–Crippen MR) is 79.7 cm³/mol. The summed E-state index contributed by atoms with van der Waals surface area (Å²) in [5.41, 5.74) is 6.34. The van der Waals surface area contributed by atoms with E-state index in [4.69, 9.17) is 5.73 Å². The van der Waals surface area contributed by atoms with E-state index in [0.29, 0.717) is 5.56 Å². The maximum Gasteiger partial charge on any atom is 0.257 e. The van der Waals surface area contributed by atoms with E-state index in [2.05, 4.69) is 6.92 Å². The number of nitrogens with two attached hydrogens (primary N) is 1. The van der Waals surface area contributed by atoms with Crippen molar-refractivity contribution in [2.24, 2.45) is 5.73 Å². The van der Waals surface area contributed by atoms with Crippen LogP contribution in [-0.2, 0) is 0 Å². The molecule has 0 atom stereocenters. The third-order valence-corrected chi connectivity index (χ3v) is 4.04. The first kappa shape index (κ1) is 14.9. The van der Waals surface area contributed by atoms with Crippen LogP contribution in [-0.4, -0.2) is 34.5 Å². The van der Waals surface area contributed by atoms with E-state index >= 15 is 0 Å². The minimum absolute atomic E-state index is 0.0612. The Morgan fingerprint density at radius 1 is 1.30 bits per heavy atom. The highest BCUT2D eigenvalue weighted by Crippen LogP contribution is 2.26. The monoisotopic (exact) mass is 276 g/mol. The van der Waals surface area contributed by atoms with Crippen molar-refractivity contribution >= 4 is 5.91 Å². The van der Waals surface area contributed by atoms with E-state index in [9.17, 15) is 9.90 Å². The summed E-state index contributed by atoms with van der Waals surface area (Å²) in [6.07, 6.45) is 4.78. The molecule has 1 aromatic rings. The number of hydrogen-bond acceptors (Lipinski definition) is 3. The van der Waals surface area contributed by atoms with Crippen molar-refractivity contribution in [1.82, 2.24) is 4.90 Å². The largest absolute Gasteiger partial charge is 0.507 e. The van der Waals surface area contributed by atoms with Gasteiger partial charge in [0, 0.05) is 18.6 Å². The fourth-order valence-electron chi connectivity index (χ4n) is 2.91. The Morgan fingerprint density at radius 3 is 2.55 bits per heavy atom. The summed E-state index contributed by atoms with van der Waals surface area (Å²) in [6.45, 7) is 2.80. The minimum Gasteiger partial charge on any atom is -0.507 e. The van der Waals surface area contributed by atoms with Crippen molar-refractivity contribution < 1.29 is 9.90 Å². The summed E-state index contributed by atoms with van der Waals surface area (Å²) in [5, 5.41) is 9.87. The molecular formula is C16H24N2O2. The van der Waals surface area contributed by atoms with Gasteiger partial charge in [-0.3, -0.25) is 4.79 Å². The molecule has 2 rings (SSSR count). The van der Waals surface area contributed by atoms with Gasteiger partial charge in [-0.25, -0.2) is 0 Å². The second kappa shape index (κ2) is 6.75. The number of amides is 1. The maximum atomic E-state index is 12.7. The van der Waals surface area contributed by atoms with Gasteiger partial charge >= 0.3 is 0 Å². The van der Waals surface area contributed by atoms with Gasteiger partial charge in [0.1, 0.15) is 5.75 Å². The molecule has 3 N–H and O–H groups in total. The zero-order valence-corrected chi connectivity index (χ0v) is 12.1. The molecule has 4 heteroatoms. The Morgan fingerprint density at radius 2 is 1.95 bits per heavy atom. The molecule has 0 bridgehead atoms. The van der Waals surface area contributed by atoms with Gasteiger partial charge in [0.15, 0.2) is 0 Å². The molecule has 0 radical (unpaired) electrons. The first-order valence-corrected chi connectivity index (χ1v) is 7.48. The van der Waals surface area contributed by atoms with Crippen LogP contribution in [0, 0.1) is 0 Å². The number of phenols is 1. The molecule has 0 saturated heterocycles. The number of carbonyl (C=O) groups is 1. The number of rotatable bonds is 4. The topological polar surface area (TPSA) is 66.6 Å². The number of para-hydroxylation sites is 1. The van der Waals surface area contributed by atoms with Crippen LogP contribution in [0.15, 0.2) is 24.3 Å². The number of nitrogens with zero attached hydrogens (tertiary/aromatic N) is 1. The Labute approximate surface area is 120 Å². The quantitative estimate of drug-likeness (QED) is 0.888. The fraction of sp³-hybridized carbons (Fsp3) is 0.562. The summed E-state index contributed by atoms with van der Waals surface area (Å²) in [7, 11) is 0. The van der Waals surface area contributed by atoms with Gasteiger partial charge in [-0.15, -0.1) is 0 Å². The first-order chi connectivity index (χ1) is 9.63. The number of phenolic OH excluding ortho intramolecular Hbond substituents is 1. The summed E-state index contributed by atoms with van der Waals surface area (Å²) in [6, 6.07) is 7.30. The zero-order valence-electron chi connectivity index (χ0n) is 12.1. The van der Waals surface area contributed by atoms with Crippen LogP contribution < -0.4 is 5.73 Å². The lowest BCUT2D eigenvalue weighted by Gasteiger charge is -2.36. The molecule has 1 amide bonds. The minimum atomic E-state index is -0.0644. The van der Waals surface area contributed by atoms with Gasteiger partial charge in [-0.05, 0) is 44.2 Å². The Kier molecular flexibility index (Phi) is 5.01. The number of benzene rings is 1. The van der Waals surface area contributed by atoms with Crippen molar-refractivity contribution in [2.75, 3.05) is 6.54 Å². The Bertz CT molecular complexity index is 454. The van der Waals surface area contributed by atoms with Crippen molar-refractivity contribution in [3.05, 3.63) is 29.8 Å². The van der Waals surface area contributed by atoms with Crippen LogP contribution in [0.25, 0.3) is 0 Å². The van der Waals surface area contributed by atoms with E-state index in [-0.39, 0.29) is 23.7 Å². The average molecular weight is 276 g/mol. The molecule has 0 spiro atoms. The second-order valence-electron chi connectivity index (χ2n) is 5.58. The predicted octanol–water partition coefficient (Wildman–Crippen LogP) is 2.51. The van der Waals surface area contributed by atoms with Crippen LogP contribution >= 0.6 is 0 Å². The molecule has 1 fully saturated rings. The summed E-state index contributed by atoms with van der Waals surface area (Å²) in [5.74, 6) is -0.00321. The lowest BCUT2D eigenvalue weighted by Crippen LogP contribution is -2.44. The molecule has 1 saturated carbocycles. The summed E-state index contributed by atoms with van der Waals surface area (Å²) < 4.78 is 0. The van der Waals surface area contributed by atoms with E-state index < -0.39 is 0 Å². The molecule has 20 heavy (non-hydrogen) atoms. The lowest BCUT2D eigenvalue weighted by molar-refractivity contribution is 0.0623. The van der Waals surface area contributed by atoms with Gasteiger partial charge in [0.2, 0.25) is 0 Å². The Hall–Kier alpha value is -1.55. The fourth-order valence-corrected chi connectivity index (χ4v) is 2.91. The normalized spacial score (nSPS) is 22.5. The molecule has 1 aromatic carbocycles. The molecule has 0 aliphatic heterocycles. The first-order valence-electron chi connectivity index (χ1n) is 7.48. The van der Waals surface area contributed by atoms with Crippen molar-refractivity contribution in [3.63, 3.8) is 0 Å². The molecule has 1 aliphatic carbocycles. The number of carbonyl (C=O) groups excluding carboxylic acids is 1. The molecule has 110 valence electrons. The van der Waals surface area contributed by atoms with E-state index in [1.54, 1.807) is 24.3 Å². The standard InChI is InChI=1S/C16H24N2O2/c1-2-11-18(13-9-7-12(17)8-10-13)16(20)14-5-3-4-6-15(14)19/h3-6,12-13,19H,2,7-11,17H2,1H3. The van der Waals surface area contributed by atoms with E-state index in [0.717, 1.165) is 38.6 Å². The van der Waals surface area contributed by atoms with Crippen LogP contribution in [0.1, 0.15) is 49.4 Å². The van der Waals surface area contributed by atoms with Crippen LogP contribution in [0.4, 0.5) is 0 Å². The highest BCUT2D eigenvalue weighted by atomic mass is 16.3. The van der Waals surface area contributed by atoms with Crippen LogP contribution in [0.2, 0.25) is 0 Å². The number of hydrogen-bond donors (Lipinski definition) is 2. The van der Waals surface area contributed by atoms with Gasteiger partial charge in [-0.1, -0.05) is 19.1 Å². The summed E-state index contributed by atoms with van der Waals surface area (Å²) >= 11 is 0. The highest BCUT2D eigenvalue weighted by Gasteiger charge is 2.28. The summed E-state index contributed by atoms with van der Waals surface area (Å²) in [4.78, 5) is 14.6. The second-order valence-corrected chi connectivity index (χ2v) is 5.58. The van der Waals surface area contributed by atoms with Crippen LogP contribution in [0.5, 0.6) is 5.75 Å². The van der Waals surface area contributed by atoms with Crippen molar-refractivity contribution in [3.8, 4) is 5.75 Å². The molecule has 0 heterocycles. The van der Waals surface area contributed by atoms with Crippen molar-refractivity contribution in [2.45, 2.75) is 51.1 Å². The number of aromatic hydroxyl groups is 1. The average Bonchev–Trinajstić information content (AvgIpc) is 2.46. The van der Waals surface area contributed by atoms with Gasteiger partial charge in [0.05, 0.1) is 5.56 Å². The molecule has 4 nitrogen and oxygen atoms in total.